The fourth-order valence-electron chi connectivity index (χ4n) is 2.12. The highest BCUT2D eigenvalue weighted by Gasteiger charge is 2.25. The maximum atomic E-state index is 13.0. The van der Waals surface area contributed by atoms with Gasteiger partial charge in [0.1, 0.15) is 5.82 Å². The summed E-state index contributed by atoms with van der Waals surface area (Å²) in [6, 6.07) is 9.46. The van der Waals surface area contributed by atoms with Crippen LogP contribution in [0.15, 0.2) is 53.8 Å². The van der Waals surface area contributed by atoms with E-state index in [1.165, 1.54) is 36.0 Å². The maximum absolute atomic E-state index is 13.0. The van der Waals surface area contributed by atoms with E-state index in [2.05, 4.69) is 9.98 Å². The summed E-state index contributed by atoms with van der Waals surface area (Å²) in [5.74, 6) is 0.215. The normalized spacial score (nSPS) is 14.0. The van der Waals surface area contributed by atoms with E-state index in [0.29, 0.717) is 29.6 Å². The number of aromatic nitrogens is 1. The minimum Gasteiger partial charge on any atom is -0.286 e. The van der Waals surface area contributed by atoms with Crippen molar-refractivity contribution in [1.29, 1.82) is 0 Å². The molecule has 0 radical (unpaired) electrons. The van der Waals surface area contributed by atoms with Gasteiger partial charge >= 0.3 is 0 Å². The number of halogens is 1. The monoisotopic (exact) mass is 315 g/mol. The summed E-state index contributed by atoms with van der Waals surface area (Å²) in [5.41, 5.74) is 1.55. The molecule has 0 saturated heterocycles. The summed E-state index contributed by atoms with van der Waals surface area (Å²) in [6.45, 7) is 1.16. The zero-order chi connectivity index (χ0) is 15.4. The zero-order valence-corrected chi connectivity index (χ0v) is 12.6. The number of carbonyl (C=O) groups is 1. The summed E-state index contributed by atoms with van der Waals surface area (Å²) >= 11 is 1.51. The minimum atomic E-state index is -0.349. The van der Waals surface area contributed by atoms with Gasteiger partial charge in [0, 0.05) is 30.3 Å². The molecule has 2 heterocycles. The van der Waals surface area contributed by atoms with Crippen molar-refractivity contribution < 1.29 is 9.18 Å². The molecule has 6 heteroatoms. The van der Waals surface area contributed by atoms with Gasteiger partial charge in [-0.15, -0.1) is 0 Å². The molecule has 0 spiro atoms. The van der Waals surface area contributed by atoms with Crippen LogP contribution < -0.4 is 0 Å². The van der Waals surface area contributed by atoms with Crippen LogP contribution in [-0.2, 0) is 5.75 Å². The van der Waals surface area contributed by atoms with Crippen LogP contribution in [0, 0.1) is 5.82 Å². The number of carbonyl (C=O) groups excluding carboxylic acids is 1. The summed E-state index contributed by atoms with van der Waals surface area (Å²) in [5, 5.41) is 0.707. The Labute approximate surface area is 132 Å². The van der Waals surface area contributed by atoms with Crippen LogP contribution in [0.1, 0.15) is 15.9 Å². The molecular weight excluding hydrogens is 301 g/mol. The quantitative estimate of drug-likeness (QED) is 0.875. The van der Waals surface area contributed by atoms with E-state index >= 15 is 0 Å². The Kier molecular flexibility index (Phi) is 4.48. The summed E-state index contributed by atoms with van der Waals surface area (Å²) in [4.78, 5) is 22.6. The first kappa shape index (κ1) is 14.7. The van der Waals surface area contributed by atoms with Crippen molar-refractivity contribution in [3.63, 3.8) is 0 Å². The third kappa shape index (κ3) is 3.33. The number of rotatable bonds is 3. The standard InChI is InChI=1S/C16H14FN3OS/c17-14-5-3-13(4-6-14)15(21)20-9-8-19-16(20)22-11-12-2-1-7-18-10-12/h1-7,10H,8-9,11H2. The Morgan fingerprint density at radius 3 is 2.82 bits per heavy atom. The average molecular weight is 315 g/mol. The van der Waals surface area contributed by atoms with E-state index in [1.807, 2.05) is 12.1 Å². The minimum absolute atomic E-state index is 0.144. The van der Waals surface area contributed by atoms with Crippen LogP contribution in [-0.4, -0.2) is 34.0 Å². The SMILES string of the molecule is O=C(c1ccc(F)cc1)N1CCN=C1SCc1cccnc1. The lowest BCUT2D eigenvalue weighted by atomic mass is 10.2. The Bertz CT molecular complexity index is 688. The molecule has 3 rings (SSSR count). The molecule has 22 heavy (non-hydrogen) atoms. The molecule has 1 aromatic heterocycles. The van der Waals surface area contributed by atoms with Gasteiger partial charge < -0.3 is 0 Å². The Balaban J connectivity index is 1.67. The van der Waals surface area contributed by atoms with Gasteiger partial charge in [-0.2, -0.15) is 0 Å². The first-order valence-electron chi connectivity index (χ1n) is 6.87. The van der Waals surface area contributed by atoms with Crippen molar-refractivity contribution in [2.75, 3.05) is 13.1 Å². The van der Waals surface area contributed by atoms with E-state index in [4.69, 9.17) is 0 Å². The summed E-state index contributed by atoms with van der Waals surface area (Å²) in [6.07, 6.45) is 3.53. The van der Waals surface area contributed by atoms with Gasteiger partial charge in [0.2, 0.25) is 0 Å². The molecule has 2 aromatic rings. The molecule has 0 saturated carbocycles. The van der Waals surface area contributed by atoms with Crippen LogP contribution >= 0.6 is 11.8 Å². The molecule has 0 unspecified atom stereocenters. The predicted octanol–water partition coefficient (Wildman–Crippen LogP) is 2.97. The fraction of sp³-hybridized carbons (Fsp3) is 0.188. The molecule has 1 amide bonds. The van der Waals surface area contributed by atoms with Crippen molar-refractivity contribution in [2.24, 2.45) is 4.99 Å². The summed E-state index contributed by atoms with van der Waals surface area (Å²) < 4.78 is 13.0. The number of benzene rings is 1. The molecule has 0 bridgehead atoms. The number of hydrogen-bond donors (Lipinski definition) is 0. The van der Waals surface area contributed by atoms with E-state index in [-0.39, 0.29) is 11.7 Å². The van der Waals surface area contributed by atoms with Crippen molar-refractivity contribution in [3.05, 3.63) is 65.7 Å². The first-order chi connectivity index (χ1) is 10.7. The van der Waals surface area contributed by atoms with Gasteiger partial charge in [-0.1, -0.05) is 17.8 Å². The second kappa shape index (κ2) is 6.70. The highest BCUT2D eigenvalue weighted by Crippen LogP contribution is 2.21. The van der Waals surface area contributed by atoms with Crippen LogP contribution in [0.2, 0.25) is 0 Å². The van der Waals surface area contributed by atoms with Gasteiger partial charge in [-0.25, -0.2) is 4.39 Å². The number of thioether (sulfide) groups is 1. The van der Waals surface area contributed by atoms with Gasteiger partial charge in [-0.3, -0.25) is 19.7 Å². The predicted molar refractivity (Wildman–Crippen MR) is 85.3 cm³/mol. The fourth-order valence-corrected chi connectivity index (χ4v) is 3.10. The highest BCUT2D eigenvalue weighted by atomic mass is 32.2. The molecule has 0 N–H and O–H groups in total. The number of hydrogen-bond acceptors (Lipinski definition) is 4. The molecule has 4 nitrogen and oxygen atoms in total. The Hall–Kier alpha value is -2.21. The van der Waals surface area contributed by atoms with E-state index < -0.39 is 0 Å². The van der Waals surface area contributed by atoms with Crippen LogP contribution in [0.3, 0.4) is 0 Å². The maximum Gasteiger partial charge on any atom is 0.259 e. The van der Waals surface area contributed by atoms with Crippen molar-refractivity contribution >= 4 is 22.8 Å². The summed E-state index contributed by atoms with van der Waals surface area (Å²) in [7, 11) is 0. The highest BCUT2D eigenvalue weighted by molar-refractivity contribution is 8.13. The Morgan fingerprint density at radius 2 is 2.09 bits per heavy atom. The molecule has 0 atom stereocenters. The lowest BCUT2D eigenvalue weighted by molar-refractivity contribution is 0.0860. The van der Waals surface area contributed by atoms with Crippen molar-refractivity contribution in [2.45, 2.75) is 5.75 Å². The second-order valence-electron chi connectivity index (χ2n) is 4.78. The van der Waals surface area contributed by atoms with Gasteiger partial charge in [0.05, 0.1) is 6.54 Å². The van der Waals surface area contributed by atoms with Crippen LogP contribution in [0.5, 0.6) is 0 Å². The molecular formula is C16H14FN3OS. The number of aliphatic imine (C=N–C) groups is 1. The smallest absolute Gasteiger partial charge is 0.259 e. The lowest BCUT2D eigenvalue weighted by Gasteiger charge is -2.17. The molecule has 0 fully saturated rings. The average Bonchev–Trinajstić information content (AvgIpc) is 3.02. The number of nitrogens with zero attached hydrogens (tertiary/aromatic N) is 3. The molecule has 1 aromatic carbocycles. The van der Waals surface area contributed by atoms with E-state index in [9.17, 15) is 9.18 Å². The van der Waals surface area contributed by atoms with Crippen LogP contribution in [0.25, 0.3) is 0 Å². The topological polar surface area (TPSA) is 45.6 Å². The molecule has 112 valence electrons. The molecule has 1 aliphatic rings. The lowest BCUT2D eigenvalue weighted by Crippen LogP contribution is -2.32. The number of amidine groups is 1. The largest absolute Gasteiger partial charge is 0.286 e. The first-order valence-corrected chi connectivity index (χ1v) is 7.86. The van der Waals surface area contributed by atoms with E-state index in [1.54, 1.807) is 17.3 Å². The zero-order valence-electron chi connectivity index (χ0n) is 11.8. The van der Waals surface area contributed by atoms with Gasteiger partial charge in [-0.05, 0) is 35.9 Å². The third-order valence-electron chi connectivity index (χ3n) is 3.23. The number of amides is 1. The van der Waals surface area contributed by atoms with Gasteiger partial charge in [0.15, 0.2) is 5.17 Å². The van der Waals surface area contributed by atoms with Crippen molar-refractivity contribution in [1.82, 2.24) is 9.88 Å². The van der Waals surface area contributed by atoms with Crippen molar-refractivity contribution in [3.8, 4) is 0 Å². The second-order valence-corrected chi connectivity index (χ2v) is 5.72. The third-order valence-corrected chi connectivity index (χ3v) is 4.31. The van der Waals surface area contributed by atoms with E-state index in [0.717, 1.165) is 5.56 Å². The molecule has 1 aliphatic heterocycles. The number of pyridine rings is 1. The Morgan fingerprint density at radius 1 is 1.27 bits per heavy atom. The molecule has 0 aliphatic carbocycles. The van der Waals surface area contributed by atoms with Gasteiger partial charge in [0.25, 0.3) is 5.91 Å². The van der Waals surface area contributed by atoms with Crippen LogP contribution in [0.4, 0.5) is 4.39 Å².